The number of nitrogens with one attached hydrogen (secondary N) is 1. The van der Waals surface area contributed by atoms with Crippen molar-refractivity contribution < 1.29 is 9.18 Å². The Balaban J connectivity index is 2.36. The van der Waals surface area contributed by atoms with Crippen molar-refractivity contribution in [3.8, 4) is 11.1 Å². The van der Waals surface area contributed by atoms with Crippen LogP contribution < -0.4 is 5.32 Å². The monoisotopic (exact) mass is 328 g/mol. The number of aliphatic imine (C=N–C) groups is 1. The van der Waals surface area contributed by atoms with Crippen LogP contribution in [0.2, 0.25) is 0 Å². The zero-order valence-electron chi connectivity index (χ0n) is 14.3. The number of rotatable bonds is 5. The highest BCUT2D eigenvalue weighted by atomic mass is 19.1. The number of halogens is 1. The van der Waals surface area contributed by atoms with E-state index in [1.165, 1.54) is 13.8 Å². The molecule has 126 valence electrons. The van der Waals surface area contributed by atoms with Gasteiger partial charge in [-0.2, -0.15) is 5.10 Å². The number of alkyl halides is 1. The van der Waals surface area contributed by atoms with Crippen LogP contribution in [0.3, 0.4) is 0 Å². The molecule has 24 heavy (non-hydrogen) atoms. The molecular weight excluding hydrogens is 307 g/mol. The van der Waals surface area contributed by atoms with Gasteiger partial charge in [0.1, 0.15) is 5.82 Å². The lowest BCUT2D eigenvalue weighted by Crippen LogP contribution is -2.37. The van der Waals surface area contributed by atoms with Gasteiger partial charge < -0.3 is 5.32 Å². The highest BCUT2D eigenvalue weighted by Crippen LogP contribution is 2.23. The largest absolute Gasteiger partial charge is 0.308 e. The molecule has 0 saturated carbocycles. The highest BCUT2D eigenvalue weighted by Gasteiger charge is 2.26. The molecule has 2 aromatic rings. The number of aryl methyl sites for hydroxylation is 2. The van der Waals surface area contributed by atoms with Gasteiger partial charge in [0.15, 0.2) is 5.67 Å². The molecule has 2 rings (SSSR count). The van der Waals surface area contributed by atoms with Gasteiger partial charge in [-0.05, 0) is 56.3 Å². The van der Waals surface area contributed by atoms with Gasteiger partial charge in [-0.25, -0.2) is 9.38 Å². The molecule has 0 spiro atoms. The van der Waals surface area contributed by atoms with Gasteiger partial charge in [-0.15, -0.1) is 0 Å². The van der Waals surface area contributed by atoms with Crippen LogP contribution in [-0.4, -0.2) is 28.1 Å². The fourth-order valence-corrected chi connectivity index (χ4v) is 2.08. The van der Waals surface area contributed by atoms with Crippen molar-refractivity contribution in [1.82, 2.24) is 15.1 Å². The molecular formula is C18H21FN4O. The van der Waals surface area contributed by atoms with Crippen molar-refractivity contribution in [3.63, 3.8) is 0 Å². The third-order valence-corrected chi connectivity index (χ3v) is 3.56. The van der Waals surface area contributed by atoms with Crippen LogP contribution in [0.25, 0.3) is 17.2 Å². The molecule has 1 N–H and O–H groups in total. The van der Waals surface area contributed by atoms with Gasteiger partial charge in [-0.1, -0.05) is 12.1 Å². The fourth-order valence-electron chi connectivity index (χ4n) is 2.08. The van der Waals surface area contributed by atoms with E-state index in [-0.39, 0.29) is 5.82 Å². The summed E-state index contributed by atoms with van der Waals surface area (Å²) in [6, 6.07) is 5.92. The second-order valence-electron chi connectivity index (χ2n) is 6.09. The summed E-state index contributed by atoms with van der Waals surface area (Å²) in [6.45, 7) is 7.77. The number of amides is 1. The van der Waals surface area contributed by atoms with E-state index >= 15 is 0 Å². The molecule has 1 amide bonds. The smallest absolute Gasteiger partial charge is 0.262 e. The lowest BCUT2D eigenvalue weighted by Gasteiger charge is -2.14. The Labute approximate surface area is 140 Å². The molecule has 1 aromatic carbocycles. The maximum absolute atomic E-state index is 13.7. The first-order chi connectivity index (χ1) is 11.2. The summed E-state index contributed by atoms with van der Waals surface area (Å²) in [5.74, 6) is -0.556. The van der Waals surface area contributed by atoms with E-state index < -0.39 is 11.6 Å². The lowest BCUT2D eigenvalue weighted by atomic mass is 10.0. The number of nitrogens with zero attached hydrogens (tertiary/aromatic N) is 3. The highest BCUT2D eigenvalue weighted by molar-refractivity contribution is 5.86. The van der Waals surface area contributed by atoms with Crippen molar-refractivity contribution in [3.05, 3.63) is 47.5 Å². The van der Waals surface area contributed by atoms with E-state index in [1.807, 2.05) is 38.4 Å². The van der Waals surface area contributed by atoms with E-state index in [4.69, 9.17) is 0 Å². The van der Waals surface area contributed by atoms with Crippen molar-refractivity contribution >= 4 is 18.7 Å². The van der Waals surface area contributed by atoms with Gasteiger partial charge in [-0.3, -0.25) is 9.48 Å². The number of benzene rings is 1. The van der Waals surface area contributed by atoms with Gasteiger partial charge in [0.2, 0.25) is 0 Å². The minimum Gasteiger partial charge on any atom is -0.308 e. The number of hydrogen-bond acceptors (Lipinski definition) is 3. The Morgan fingerprint density at radius 3 is 2.67 bits per heavy atom. The van der Waals surface area contributed by atoms with Crippen molar-refractivity contribution in [2.45, 2.75) is 26.4 Å². The first-order valence-electron chi connectivity index (χ1n) is 7.49. The Bertz CT molecular complexity index is 800. The summed E-state index contributed by atoms with van der Waals surface area (Å²) >= 11 is 0. The average Bonchev–Trinajstić information content (AvgIpc) is 2.94. The van der Waals surface area contributed by atoms with Crippen molar-refractivity contribution in [2.75, 3.05) is 0 Å². The Hall–Kier alpha value is -2.76. The topological polar surface area (TPSA) is 59.3 Å². The SMILES string of the molecule is C=N/C(=C\c1cc(-c2cnn(C)c2)ccc1C)NC(=O)C(C)(C)F. The molecule has 0 aliphatic rings. The van der Waals surface area contributed by atoms with Gasteiger partial charge >= 0.3 is 0 Å². The summed E-state index contributed by atoms with van der Waals surface area (Å²) in [7, 11) is 1.85. The van der Waals surface area contributed by atoms with Gasteiger partial charge in [0, 0.05) is 18.8 Å². The standard InChI is InChI=1S/C18H21FN4O/c1-12-6-7-13(15-10-21-23(5)11-15)8-14(12)9-16(20-4)22-17(24)18(2,3)19/h6-11H,4H2,1-3,5H3,(H,22,24)/b16-9+. The van der Waals surface area contributed by atoms with E-state index in [2.05, 4.69) is 22.1 Å². The third kappa shape index (κ3) is 4.16. The van der Waals surface area contributed by atoms with E-state index in [9.17, 15) is 9.18 Å². The predicted octanol–water partition coefficient (Wildman–Crippen LogP) is 3.26. The second kappa shape index (κ2) is 6.78. The summed E-state index contributed by atoms with van der Waals surface area (Å²) in [6.07, 6.45) is 5.36. The first-order valence-corrected chi connectivity index (χ1v) is 7.49. The number of hydrogen-bond donors (Lipinski definition) is 1. The molecule has 0 atom stereocenters. The molecule has 0 radical (unpaired) electrons. The fraction of sp³-hybridized carbons (Fsp3) is 0.278. The van der Waals surface area contributed by atoms with Gasteiger partial charge in [0.25, 0.3) is 5.91 Å². The quantitative estimate of drug-likeness (QED) is 0.857. The van der Waals surface area contributed by atoms with Crippen LogP contribution >= 0.6 is 0 Å². The molecule has 0 saturated heterocycles. The zero-order chi connectivity index (χ0) is 17.9. The first kappa shape index (κ1) is 17.6. The molecule has 0 bridgehead atoms. The molecule has 0 unspecified atom stereocenters. The predicted molar refractivity (Wildman–Crippen MR) is 94.2 cm³/mol. The molecule has 1 aromatic heterocycles. The molecule has 1 heterocycles. The summed E-state index contributed by atoms with van der Waals surface area (Å²) < 4.78 is 15.4. The van der Waals surface area contributed by atoms with Crippen LogP contribution in [0.4, 0.5) is 4.39 Å². The Kier molecular flexibility index (Phi) is 4.97. The van der Waals surface area contributed by atoms with E-state index in [0.717, 1.165) is 22.3 Å². The van der Waals surface area contributed by atoms with Crippen molar-refractivity contribution in [2.24, 2.45) is 12.0 Å². The number of aromatic nitrogens is 2. The zero-order valence-corrected chi connectivity index (χ0v) is 14.3. The van der Waals surface area contributed by atoms with Crippen LogP contribution in [-0.2, 0) is 11.8 Å². The lowest BCUT2D eigenvalue weighted by molar-refractivity contribution is -0.129. The Morgan fingerprint density at radius 1 is 1.42 bits per heavy atom. The van der Waals surface area contributed by atoms with Crippen LogP contribution in [0.15, 0.2) is 41.4 Å². The minimum absolute atomic E-state index is 0.206. The van der Waals surface area contributed by atoms with Crippen LogP contribution in [0.1, 0.15) is 25.0 Å². The molecule has 0 aliphatic heterocycles. The molecule has 0 aliphatic carbocycles. The summed E-state index contributed by atoms with van der Waals surface area (Å²) in [5.41, 5.74) is 1.83. The van der Waals surface area contributed by atoms with Gasteiger partial charge in [0.05, 0.1) is 6.20 Å². The van der Waals surface area contributed by atoms with Crippen LogP contribution in [0, 0.1) is 6.92 Å². The van der Waals surface area contributed by atoms with E-state index in [0.29, 0.717) is 0 Å². The summed E-state index contributed by atoms with van der Waals surface area (Å²) in [5, 5.41) is 6.61. The van der Waals surface area contributed by atoms with Crippen molar-refractivity contribution in [1.29, 1.82) is 0 Å². The molecule has 6 heteroatoms. The number of carbonyl (C=O) groups excluding carboxylic acids is 1. The third-order valence-electron chi connectivity index (χ3n) is 3.56. The average molecular weight is 328 g/mol. The van der Waals surface area contributed by atoms with Crippen LogP contribution in [0.5, 0.6) is 0 Å². The number of carbonyl (C=O) groups is 1. The molecule has 5 nitrogen and oxygen atoms in total. The normalized spacial score (nSPS) is 12.1. The summed E-state index contributed by atoms with van der Waals surface area (Å²) in [4.78, 5) is 15.6. The Morgan fingerprint density at radius 2 is 2.12 bits per heavy atom. The maximum Gasteiger partial charge on any atom is 0.262 e. The van der Waals surface area contributed by atoms with E-state index in [1.54, 1.807) is 17.0 Å². The molecule has 0 fully saturated rings. The second-order valence-corrected chi connectivity index (χ2v) is 6.09. The minimum atomic E-state index is -1.99. The maximum atomic E-state index is 13.7.